The molecule has 86 valence electrons. The average molecular weight is 225 g/mol. The molecule has 2 rings (SSSR count). The first-order chi connectivity index (χ1) is 8.11. The van der Waals surface area contributed by atoms with E-state index in [0.717, 1.165) is 28.5 Å². The first-order valence-corrected chi connectivity index (χ1v) is 5.54. The fourth-order valence-corrected chi connectivity index (χ4v) is 1.95. The standard InChI is InChI=1S/C15H15NO/c1-10-3-5-13(12(7-10)9-17)14-6-4-11(2)8-15(14)16/h3-9H,16H2,1-2H3. The first kappa shape index (κ1) is 11.4. The van der Waals surface area contributed by atoms with E-state index >= 15 is 0 Å². The number of aryl methyl sites for hydroxylation is 2. The molecule has 2 aromatic rings. The van der Waals surface area contributed by atoms with Crippen molar-refractivity contribution in [2.24, 2.45) is 0 Å². The molecule has 0 aliphatic rings. The van der Waals surface area contributed by atoms with Crippen LogP contribution in [0.4, 0.5) is 5.69 Å². The summed E-state index contributed by atoms with van der Waals surface area (Å²) >= 11 is 0. The highest BCUT2D eigenvalue weighted by Gasteiger charge is 2.07. The number of hydrogen-bond donors (Lipinski definition) is 1. The zero-order valence-corrected chi connectivity index (χ0v) is 10.0. The molecule has 0 saturated heterocycles. The highest BCUT2D eigenvalue weighted by atomic mass is 16.1. The van der Waals surface area contributed by atoms with Gasteiger partial charge in [0.25, 0.3) is 0 Å². The number of rotatable bonds is 2. The molecule has 0 aliphatic heterocycles. The number of benzene rings is 2. The fourth-order valence-electron chi connectivity index (χ4n) is 1.95. The maximum Gasteiger partial charge on any atom is 0.150 e. The molecule has 0 aliphatic carbocycles. The van der Waals surface area contributed by atoms with Gasteiger partial charge in [0.1, 0.15) is 0 Å². The minimum atomic E-state index is 0.681. The summed E-state index contributed by atoms with van der Waals surface area (Å²) in [5, 5.41) is 0. The van der Waals surface area contributed by atoms with Crippen LogP contribution in [0.5, 0.6) is 0 Å². The van der Waals surface area contributed by atoms with Crippen molar-refractivity contribution in [3.63, 3.8) is 0 Å². The third kappa shape index (κ3) is 2.21. The number of hydrogen-bond acceptors (Lipinski definition) is 2. The van der Waals surface area contributed by atoms with Gasteiger partial charge in [0.2, 0.25) is 0 Å². The molecule has 2 N–H and O–H groups in total. The summed E-state index contributed by atoms with van der Waals surface area (Å²) in [5.41, 5.74) is 11.4. The van der Waals surface area contributed by atoms with E-state index in [0.29, 0.717) is 11.3 Å². The van der Waals surface area contributed by atoms with E-state index in [1.165, 1.54) is 0 Å². The minimum absolute atomic E-state index is 0.681. The molecule has 0 amide bonds. The van der Waals surface area contributed by atoms with Gasteiger partial charge in [0.05, 0.1) is 0 Å². The highest BCUT2D eigenvalue weighted by molar-refractivity contribution is 5.91. The molecule has 0 bridgehead atoms. The Balaban J connectivity index is 2.63. The largest absolute Gasteiger partial charge is 0.398 e. The van der Waals surface area contributed by atoms with Crippen LogP contribution in [0.3, 0.4) is 0 Å². The SMILES string of the molecule is Cc1ccc(-c2ccc(C)cc2C=O)c(N)c1. The third-order valence-electron chi connectivity index (χ3n) is 2.83. The van der Waals surface area contributed by atoms with Gasteiger partial charge in [-0.1, -0.05) is 29.8 Å². The number of carbonyl (C=O) groups is 1. The van der Waals surface area contributed by atoms with Crippen molar-refractivity contribution < 1.29 is 4.79 Å². The predicted octanol–water partition coefficient (Wildman–Crippen LogP) is 3.37. The van der Waals surface area contributed by atoms with Gasteiger partial charge in [-0.2, -0.15) is 0 Å². The second-order valence-electron chi connectivity index (χ2n) is 4.30. The van der Waals surface area contributed by atoms with Gasteiger partial charge >= 0.3 is 0 Å². The van der Waals surface area contributed by atoms with Crippen LogP contribution >= 0.6 is 0 Å². The van der Waals surface area contributed by atoms with Crippen molar-refractivity contribution in [2.45, 2.75) is 13.8 Å². The summed E-state index contributed by atoms with van der Waals surface area (Å²) in [6.45, 7) is 3.96. The molecule has 0 radical (unpaired) electrons. The molecule has 0 unspecified atom stereocenters. The van der Waals surface area contributed by atoms with E-state index in [1.807, 2.05) is 50.2 Å². The predicted molar refractivity (Wildman–Crippen MR) is 71.2 cm³/mol. The second kappa shape index (κ2) is 4.42. The van der Waals surface area contributed by atoms with Crippen LogP contribution in [0.25, 0.3) is 11.1 Å². The topological polar surface area (TPSA) is 43.1 Å². The van der Waals surface area contributed by atoms with Crippen LogP contribution in [0.1, 0.15) is 21.5 Å². The van der Waals surface area contributed by atoms with Crippen LogP contribution in [0, 0.1) is 13.8 Å². The van der Waals surface area contributed by atoms with Crippen molar-refractivity contribution >= 4 is 12.0 Å². The van der Waals surface area contributed by atoms with Gasteiger partial charge in [-0.3, -0.25) is 4.79 Å². The van der Waals surface area contributed by atoms with E-state index in [-0.39, 0.29) is 0 Å². The summed E-state index contributed by atoms with van der Waals surface area (Å²) in [5.74, 6) is 0. The van der Waals surface area contributed by atoms with Crippen LogP contribution in [0.15, 0.2) is 36.4 Å². The van der Waals surface area contributed by atoms with Gasteiger partial charge in [-0.05, 0) is 37.1 Å². The Morgan fingerprint density at radius 1 is 0.941 bits per heavy atom. The van der Waals surface area contributed by atoms with Crippen molar-refractivity contribution in [3.8, 4) is 11.1 Å². The molecular formula is C15H15NO. The number of nitrogen functional groups attached to an aromatic ring is 1. The van der Waals surface area contributed by atoms with Crippen LogP contribution in [-0.2, 0) is 0 Å². The fraction of sp³-hybridized carbons (Fsp3) is 0.133. The lowest BCUT2D eigenvalue weighted by Crippen LogP contribution is -1.94. The Labute approximate surface area is 101 Å². The summed E-state index contributed by atoms with van der Waals surface area (Å²) in [6.07, 6.45) is 0.877. The Bertz CT molecular complexity index is 573. The Morgan fingerprint density at radius 2 is 1.53 bits per heavy atom. The van der Waals surface area contributed by atoms with Crippen molar-refractivity contribution in [1.82, 2.24) is 0 Å². The van der Waals surface area contributed by atoms with Gasteiger partial charge in [-0.15, -0.1) is 0 Å². The zero-order chi connectivity index (χ0) is 12.4. The van der Waals surface area contributed by atoms with Gasteiger partial charge in [-0.25, -0.2) is 0 Å². The summed E-state index contributed by atoms with van der Waals surface area (Å²) in [7, 11) is 0. The maximum atomic E-state index is 11.1. The zero-order valence-electron chi connectivity index (χ0n) is 10.0. The van der Waals surface area contributed by atoms with Crippen LogP contribution < -0.4 is 5.73 Å². The molecule has 0 heterocycles. The van der Waals surface area contributed by atoms with E-state index in [2.05, 4.69) is 0 Å². The normalized spacial score (nSPS) is 10.2. The average Bonchev–Trinajstić information content (AvgIpc) is 2.30. The smallest absolute Gasteiger partial charge is 0.150 e. The number of carbonyl (C=O) groups excluding carboxylic acids is 1. The van der Waals surface area contributed by atoms with E-state index in [9.17, 15) is 4.79 Å². The molecule has 2 heteroatoms. The van der Waals surface area contributed by atoms with Crippen molar-refractivity contribution in [2.75, 3.05) is 5.73 Å². The number of aldehydes is 1. The molecule has 17 heavy (non-hydrogen) atoms. The lowest BCUT2D eigenvalue weighted by Gasteiger charge is -2.10. The Kier molecular flexibility index (Phi) is 2.96. The van der Waals surface area contributed by atoms with Gasteiger partial charge in [0.15, 0.2) is 6.29 Å². The van der Waals surface area contributed by atoms with Gasteiger partial charge in [0, 0.05) is 16.8 Å². The van der Waals surface area contributed by atoms with Crippen molar-refractivity contribution in [1.29, 1.82) is 0 Å². The number of nitrogens with two attached hydrogens (primary N) is 1. The van der Waals surface area contributed by atoms with Crippen LogP contribution in [0.2, 0.25) is 0 Å². The summed E-state index contributed by atoms with van der Waals surface area (Å²) in [6, 6.07) is 11.7. The van der Waals surface area contributed by atoms with Gasteiger partial charge < -0.3 is 5.73 Å². The minimum Gasteiger partial charge on any atom is -0.398 e. The molecule has 0 spiro atoms. The van der Waals surface area contributed by atoms with E-state index in [1.54, 1.807) is 0 Å². The molecule has 0 fully saturated rings. The lowest BCUT2D eigenvalue weighted by molar-refractivity contribution is 0.112. The van der Waals surface area contributed by atoms with Crippen molar-refractivity contribution in [3.05, 3.63) is 53.1 Å². The number of anilines is 1. The molecule has 0 saturated carbocycles. The Morgan fingerprint density at radius 3 is 2.12 bits per heavy atom. The molecule has 2 aromatic carbocycles. The van der Waals surface area contributed by atoms with E-state index in [4.69, 9.17) is 5.73 Å². The second-order valence-corrected chi connectivity index (χ2v) is 4.30. The molecule has 0 aromatic heterocycles. The monoisotopic (exact) mass is 225 g/mol. The maximum absolute atomic E-state index is 11.1. The highest BCUT2D eigenvalue weighted by Crippen LogP contribution is 2.29. The molecule has 2 nitrogen and oxygen atoms in total. The van der Waals surface area contributed by atoms with E-state index < -0.39 is 0 Å². The Hall–Kier alpha value is -2.09. The van der Waals surface area contributed by atoms with Crippen LogP contribution in [-0.4, -0.2) is 6.29 Å². The lowest BCUT2D eigenvalue weighted by atomic mass is 9.96. The first-order valence-electron chi connectivity index (χ1n) is 5.54. The quantitative estimate of drug-likeness (QED) is 0.629. The summed E-state index contributed by atoms with van der Waals surface area (Å²) in [4.78, 5) is 11.1. The molecule has 0 atom stereocenters. The third-order valence-corrected chi connectivity index (χ3v) is 2.83. The summed E-state index contributed by atoms with van der Waals surface area (Å²) < 4.78 is 0. The molecular weight excluding hydrogens is 210 g/mol.